The number of nitrogens with one attached hydrogen (secondary N) is 2. The van der Waals surface area contributed by atoms with E-state index in [1.807, 2.05) is 36.4 Å². The van der Waals surface area contributed by atoms with Gasteiger partial charge in [-0.05, 0) is 42.0 Å². The molecule has 2 aliphatic rings. The SMILES string of the molecule is CC1(NC(=O)OCC2c3ccccc3-c3ccccc32)CCCCC1C(=O)N[C@@H](CO)C(=O)O. The number of carboxylic acid groups (broad SMARTS) is 1. The highest BCUT2D eigenvalue weighted by Gasteiger charge is 2.43. The Hall–Kier alpha value is -3.39. The molecule has 2 amide bonds. The molecule has 2 aliphatic carbocycles. The van der Waals surface area contributed by atoms with Crippen LogP contribution in [0.3, 0.4) is 0 Å². The summed E-state index contributed by atoms with van der Waals surface area (Å²) in [6.45, 7) is 1.25. The summed E-state index contributed by atoms with van der Waals surface area (Å²) in [5.41, 5.74) is 3.62. The van der Waals surface area contributed by atoms with Gasteiger partial charge in [-0.15, -0.1) is 0 Å². The Morgan fingerprint density at radius 2 is 1.68 bits per heavy atom. The lowest BCUT2D eigenvalue weighted by Crippen LogP contribution is -2.59. The lowest BCUT2D eigenvalue weighted by Gasteiger charge is -2.41. The molecule has 8 heteroatoms. The third-order valence-corrected chi connectivity index (χ3v) is 7.05. The molecule has 0 heterocycles. The van der Waals surface area contributed by atoms with Gasteiger partial charge in [-0.25, -0.2) is 9.59 Å². The fourth-order valence-corrected chi connectivity index (χ4v) is 5.23. The first-order valence-corrected chi connectivity index (χ1v) is 11.6. The Balaban J connectivity index is 1.43. The number of fused-ring (bicyclic) bond motifs is 3. The standard InChI is InChI=1S/C26H30N2O6/c1-26(13-7-6-12-21(26)23(30)27-22(14-29)24(31)32)28-25(33)34-15-20-18-10-4-2-8-16(18)17-9-3-5-11-19(17)20/h2-5,8-11,20-22,29H,6-7,12-15H2,1H3,(H,27,30)(H,28,33)(H,31,32)/t21?,22-,26?/m0/s1. The molecule has 0 bridgehead atoms. The number of carbonyl (C=O) groups excluding carboxylic acids is 2. The number of aliphatic hydroxyl groups is 1. The predicted octanol–water partition coefficient (Wildman–Crippen LogP) is 3.04. The maximum Gasteiger partial charge on any atom is 0.407 e. The molecule has 34 heavy (non-hydrogen) atoms. The van der Waals surface area contributed by atoms with Crippen LogP contribution in [0.2, 0.25) is 0 Å². The van der Waals surface area contributed by atoms with Crippen molar-refractivity contribution < 1.29 is 29.3 Å². The molecular weight excluding hydrogens is 436 g/mol. The van der Waals surface area contributed by atoms with Crippen LogP contribution in [0.1, 0.15) is 49.7 Å². The van der Waals surface area contributed by atoms with Crippen molar-refractivity contribution in [2.24, 2.45) is 5.92 Å². The van der Waals surface area contributed by atoms with Crippen molar-refractivity contribution in [2.75, 3.05) is 13.2 Å². The average Bonchev–Trinajstić information content (AvgIpc) is 3.14. The number of rotatable bonds is 7. The number of carbonyl (C=O) groups is 3. The van der Waals surface area contributed by atoms with Crippen molar-refractivity contribution in [3.63, 3.8) is 0 Å². The van der Waals surface area contributed by atoms with E-state index in [0.717, 1.165) is 35.1 Å². The van der Waals surface area contributed by atoms with E-state index in [1.165, 1.54) is 0 Å². The van der Waals surface area contributed by atoms with Crippen LogP contribution in [0.5, 0.6) is 0 Å². The first-order valence-electron chi connectivity index (χ1n) is 11.6. The summed E-state index contributed by atoms with van der Waals surface area (Å²) in [6.07, 6.45) is 2.07. The minimum atomic E-state index is -1.38. The monoisotopic (exact) mass is 466 g/mol. The van der Waals surface area contributed by atoms with Crippen molar-refractivity contribution in [3.05, 3.63) is 59.7 Å². The van der Waals surface area contributed by atoms with Gasteiger partial charge in [-0.3, -0.25) is 4.79 Å². The summed E-state index contributed by atoms with van der Waals surface area (Å²) in [5, 5.41) is 23.7. The summed E-state index contributed by atoms with van der Waals surface area (Å²) in [7, 11) is 0. The minimum absolute atomic E-state index is 0.0720. The van der Waals surface area contributed by atoms with Crippen molar-refractivity contribution >= 4 is 18.0 Å². The number of alkyl carbamates (subject to hydrolysis) is 1. The van der Waals surface area contributed by atoms with Crippen LogP contribution >= 0.6 is 0 Å². The number of ether oxygens (including phenoxy) is 1. The van der Waals surface area contributed by atoms with Crippen molar-refractivity contribution in [1.29, 1.82) is 0 Å². The smallest absolute Gasteiger partial charge is 0.407 e. The number of amides is 2. The van der Waals surface area contributed by atoms with Crippen LogP contribution in [-0.2, 0) is 14.3 Å². The van der Waals surface area contributed by atoms with Crippen LogP contribution < -0.4 is 10.6 Å². The minimum Gasteiger partial charge on any atom is -0.480 e. The Labute approximate surface area is 198 Å². The molecule has 0 spiro atoms. The topological polar surface area (TPSA) is 125 Å². The van der Waals surface area contributed by atoms with E-state index < -0.39 is 42.1 Å². The first kappa shape index (κ1) is 23.8. The van der Waals surface area contributed by atoms with Crippen LogP contribution in [0.25, 0.3) is 11.1 Å². The first-order chi connectivity index (χ1) is 16.3. The van der Waals surface area contributed by atoms with Crippen molar-refractivity contribution in [3.8, 4) is 11.1 Å². The average molecular weight is 467 g/mol. The van der Waals surface area contributed by atoms with Crippen LogP contribution in [0, 0.1) is 5.92 Å². The van der Waals surface area contributed by atoms with E-state index in [9.17, 15) is 19.5 Å². The zero-order valence-corrected chi connectivity index (χ0v) is 19.1. The molecule has 4 N–H and O–H groups in total. The fraction of sp³-hybridized carbons (Fsp3) is 0.423. The van der Waals surface area contributed by atoms with E-state index in [-0.39, 0.29) is 12.5 Å². The van der Waals surface area contributed by atoms with E-state index >= 15 is 0 Å². The van der Waals surface area contributed by atoms with Gasteiger partial charge in [-0.2, -0.15) is 0 Å². The molecule has 0 saturated heterocycles. The summed E-state index contributed by atoms with van der Waals surface area (Å²) in [6, 6.07) is 14.8. The van der Waals surface area contributed by atoms with E-state index in [0.29, 0.717) is 12.8 Å². The second-order valence-corrected chi connectivity index (χ2v) is 9.25. The number of aliphatic carboxylic acids is 1. The van der Waals surface area contributed by atoms with E-state index in [1.54, 1.807) is 6.92 Å². The van der Waals surface area contributed by atoms with Gasteiger partial charge in [0.1, 0.15) is 12.6 Å². The summed E-state index contributed by atoms with van der Waals surface area (Å²) in [5.74, 6) is -2.51. The largest absolute Gasteiger partial charge is 0.480 e. The molecule has 2 aromatic rings. The van der Waals surface area contributed by atoms with Crippen LogP contribution in [-0.4, -0.2) is 53.0 Å². The Morgan fingerprint density at radius 3 is 2.26 bits per heavy atom. The molecule has 180 valence electrons. The molecular formula is C26H30N2O6. The molecule has 0 aliphatic heterocycles. The number of benzene rings is 2. The highest BCUT2D eigenvalue weighted by Crippen LogP contribution is 2.44. The van der Waals surface area contributed by atoms with Crippen LogP contribution in [0.4, 0.5) is 4.79 Å². The van der Waals surface area contributed by atoms with Gasteiger partial charge < -0.3 is 25.6 Å². The van der Waals surface area contributed by atoms with Gasteiger partial charge in [0, 0.05) is 5.92 Å². The summed E-state index contributed by atoms with van der Waals surface area (Å²) in [4.78, 5) is 36.9. The number of aliphatic hydroxyl groups excluding tert-OH is 1. The molecule has 4 rings (SSSR count). The van der Waals surface area contributed by atoms with E-state index in [2.05, 4.69) is 22.8 Å². The van der Waals surface area contributed by atoms with Crippen molar-refractivity contribution in [1.82, 2.24) is 10.6 Å². The van der Waals surface area contributed by atoms with Crippen molar-refractivity contribution in [2.45, 2.75) is 50.1 Å². The molecule has 2 unspecified atom stereocenters. The molecule has 8 nitrogen and oxygen atoms in total. The number of hydrogen-bond donors (Lipinski definition) is 4. The van der Waals surface area contributed by atoms with Gasteiger partial charge >= 0.3 is 12.1 Å². The van der Waals surface area contributed by atoms with Gasteiger partial charge in [0.2, 0.25) is 5.91 Å². The second-order valence-electron chi connectivity index (χ2n) is 9.25. The zero-order valence-electron chi connectivity index (χ0n) is 19.1. The zero-order chi connectivity index (χ0) is 24.3. The predicted molar refractivity (Wildman–Crippen MR) is 125 cm³/mol. The second kappa shape index (κ2) is 9.85. The summed E-state index contributed by atoms with van der Waals surface area (Å²) >= 11 is 0. The molecule has 1 fully saturated rings. The maximum absolute atomic E-state index is 12.9. The highest BCUT2D eigenvalue weighted by molar-refractivity contribution is 5.86. The highest BCUT2D eigenvalue weighted by atomic mass is 16.5. The Kier molecular flexibility index (Phi) is 6.88. The van der Waals surface area contributed by atoms with Gasteiger partial charge in [0.05, 0.1) is 18.1 Å². The maximum atomic E-state index is 12.9. The van der Waals surface area contributed by atoms with Gasteiger partial charge in [-0.1, -0.05) is 61.4 Å². The fourth-order valence-electron chi connectivity index (χ4n) is 5.23. The Morgan fingerprint density at radius 1 is 1.06 bits per heavy atom. The molecule has 3 atom stereocenters. The molecule has 1 saturated carbocycles. The number of hydrogen-bond acceptors (Lipinski definition) is 5. The lowest BCUT2D eigenvalue weighted by atomic mass is 9.73. The van der Waals surface area contributed by atoms with Crippen LogP contribution in [0.15, 0.2) is 48.5 Å². The summed E-state index contributed by atoms with van der Waals surface area (Å²) < 4.78 is 5.66. The number of carboxylic acids is 1. The molecule has 0 radical (unpaired) electrons. The van der Waals surface area contributed by atoms with E-state index in [4.69, 9.17) is 9.84 Å². The normalized spacial score (nSPS) is 22.2. The Bertz CT molecular complexity index is 1040. The molecule has 0 aromatic heterocycles. The van der Waals surface area contributed by atoms with Gasteiger partial charge in [0.15, 0.2) is 0 Å². The third-order valence-electron chi connectivity index (χ3n) is 7.05. The third kappa shape index (κ3) is 4.63. The lowest BCUT2D eigenvalue weighted by molar-refractivity contribution is -0.144. The molecule has 2 aromatic carbocycles. The quantitative estimate of drug-likeness (QED) is 0.497. The van der Waals surface area contributed by atoms with Gasteiger partial charge in [0.25, 0.3) is 0 Å².